The molecule has 2 aliphatic rings. The smallest absolute Gasteiger partial charge is 0.251 e. The van der Waals surface area contributed by atoms with E-state index in [0.29, 0.717) is 36.0 Å². The quantitative estimate of drug-likeness (QED) is 0.315. The maximum absolute atomic E-state index is 13.7. The number of hydrogen-bond donors (Lipinski definition) is 4. The van der Waals surface area contributed by atoms with E-state index in [1.54, 1.807) is 36.4 Å². The molecule has 0 aromatic heterocycles. The van der Waals surface area contributed by atoms with Gasteiger partial charge >= 0.3 is 0 Å². The number of aliphatic hydroxyl groups excluding tert-OH is 1. The average Bonchev–Trinajstić information content (AvgIpc) is 3.29. The van der Waals surface area contributed by atoms with E-state index in [4.69, 9.17) is 5.41 Å². The number of benzene rings is 3. The Morgan fingerprint density at radius 1 is 1.07 bits per heavy atom. The number of guanidine groups is 1. The minimum atomic E-state index is -3.44. The van der Waals surface area contributed by atoms with E-state index in [1.807, 2.05) is 38.1 Å². The first kappa shape index (κ1) is 29.5. The van der Waals surface area contributed by atoms with Gasteiger partial charge in [0.25, 0.3) is 5.91 Å². The number of nitrogens with one attached hydrogen (secondary N) is 3. The van der Waals surface area contributed by atoms with Gasteiger partial charge in [0.2, 0.25) is 5.91 Å². The minimum absolute atomic E-state index is 0.0484. The van der Waals surface area contributed by atoms with Crippen molar-refractivity contribution in [3.63, 3.8) is 0 Å². The first-order chi connectivity index (χ1) is 20.0. The Kier molecular flexibility index (Phi) is 7.96. The van der Waals surface area contributed by atoms with Gasteiger partial charge in [0.1, 0.15) is 0 Å². The summed E-state index contributed by atoms with van der Waals surface area (Å²) in [6.07, 6.45) is 2.38. The standard InChI is InChI=1S/C32H36N4O5S/c1-4-32(5-2)19-27(38)36(31(33)35-32)29(20-13-15-24(16-14-20)42(3,40)41)22-10-8-11-23(17-22)30(39)34-28-25-12-7-6-9-21(25)18-26(28)37/h6-17,26,28-29,37H,4-5,18-19H2,1-3H3,(H2,33,35)(H,34,39)/t26-,28-,29?/m1/s1. The molecule has 3 aromatic carbocycles. The van der Waals surface area contributed by atoms with Crippen molar-refractivity contribution in [3.8, 4) is 0 Å². The zero-order chi connectivity index (χ0) is 30.2. The van der Waals surface area contributed by atoms with Crippen molar-refractivity contribution in [2.45, 2.75) is 68.2 Å². The SMILES string of the molecule is CCC1(CC)CC(=O)N(C(c2ccc(S(C)(=O)=O)cc2)c2cccc(C(=O)N[C@@H]3c4ccccc4C[C@H]3O)c2)C(=N)N1. The Morgan fingerprint density at radius 3 is 2.40 bits per heavy atom. The molecular formula is C32H36N4O5S. The lowest BCUT2D eigenvalue weighted by Crippen LogP contribution is -2.62. The zero-order valence-corrected chi connectivity index (χ0v) is 24.7. The van der Waals surface area contributed by atoms with E-state index in [0.717, 1.165) is 17.4 Å². The van der Waals surface area contributed by atoms with Gasteiger partial charge in [-0.15, -0.1) is 0 Å². The number of carbonyl (C=O) groups excluding carboxylic acids is 2. The second-order valence-electron chi connectivity index (χ2n) is 11.2. The summed E-state index contributed by atoms with van der Waals surface area (Å²) in [5, 5.41) is 25.7. The van der Waals surface area contributed by atoms with E-state index in [2.05, 4.69) is 10.6 Å². The average molecular weight is 589 g/mol. The number of aliphatic hydroxyl groups is 1. The molecule has 1 saturated heterocycles. The topological polar surface area (TPSA) is 140 Å². The summed E-state index contributed by atoms with van der Waals surface area (Å²) in [5.41, 5.74) is 2.87. The number of sulfone groups is 1. The molecule has 3 atom stereocenters. The molecule has 3 aromatic rings. The maximum Gasteiger partial charge on any atom is 0.251 e. The lowest BCUT2D eigenvalue weighted by Gasteiger charge is -2.45. The van der Waals surface area contributed by atoms with Crippen molar-refractivity contribution in [1.82, 2.24) is 15.5 Å². The van der Waals surface area contributed by atoms with Crippen LogP contribution >= 0.6 is 0 Å². The van der Waals surface area contributed by atoms with Crippen molar-refractivity contribution in [1.29, 1.82) is 5.41 Å². The summed E-state index contributed by atoms with van der Waals surface area (Å²) in [7, 11) is -3.44. The van der Waals surface area contributed by atoms with Crippen LogP contribution in [-0.4, -0.2) is 54.1 Å². The summed E-state index contributed by atoms with van der Waals surface area (Å²) in [6.45, 7) is 3.96. The fourth-order valence-corrected chi connectivity index (χ4v) is 6.65. The van der Waals surface area contributed by atoms with Crippen molar-refractivity contribution < 1.29 is 23.1 Å². The third-order valence-electron chi connectivity index (χ3n) is 8.57. The van der Waals surface area contributed by atoms with Crippen LogP contribution in [0.25, 0.3) is 0 Å². The molecule has 220 valence electrons. The highest BCUT2D eigenvalue weighted by molar-refractivity contribution is 7.90. The first-order valence-corrected chi connectivity index (χ1v) is 16.0. The van der Waals surface area contributed by atoms with Gasteiger partial charge in [-0.3, -0.25) is 19.9 Å². The van der Waals surface area contributed by atoms with E-state index in [-0.39, 0.29) is 29.1 Å². The van der Waals surface area contributed by atoms with Crippen LogP contribution in [0, 0.1) is 5.41 Å². The fraction of sp³-hybridized carbons (Fsp3) is 0.344. The molecule has 1 unspecified atom stereocenters. The van der Waals surface area contributed by atoms with Gasteiger partial charge in [-0.2, -0.15) is 0 Å². The van der Waals surface area contributed by atoms with E-state index in [9.17, 15) is 23.1 Å². The molecule has 42 heavy (non-hydrogen) atoms. The van der Waals surface area contributed by atoms with Crippen LogP contribution in [0.4, 0.5) is 0 Å². The molecule has 1 aliphatic carbocycles. The van der Waals surface area contributed by atoms with Crippen molar-refractivity contribution >= 4 is 27.6 Å². The van der Waals surface area contributed by atoms with Crippen LogP contribution in [0.2, 0.25) is 0 Å². The Morgan fingerprint density at radius 2 is 1.76 bits per heavy atom. The third kappa shape index (κ3) is 5.56. The summed E-state index contributed by atoms with van der Waals surface area (Å²) in [6, 6.07) is 19.4. The zero-order valence-electron chi connectivity index (χ0n) is 23.9. The predicted octanol–water partition coefficient (Wildman–Crippen LogP) is 3.88. The Balaban J connectivity index is 1.52. The van der Waals surface area contributed by atoms with Crippen molar-refractivity contribution in [2.75, 3.05) is 6.26 Å². The van der Waals surface area contributed by atoms with E-state index < -0.39 is 33.6 Å². The molecule has 1 fully saturated rings. The summed E-state index contributed by atoms with van der Waals surface area (Å²) in [4.78, 5) is 28.7. The highest BCUT2D eigenvalue weighted by Gasteiger charge is 2.42. The molecule has 1 heterocycles. The molecule has 10 heteroatoms. The maximum atomic E-state index is 13.7. The third-order valence-corrected chi connectivity index (χ3v) is 9.70. The van der Waals surface area contributed by atoms with E-state index >= 15 is 0 Å². The lowest BCUT2D eigenvalue weighted by atomic mass is 9.85. The van der Waals surface area contributed by atoms with Gasteiger partial charge < -0.3 is 15.7 Å². The first-order valence-electron chi connectivity index (χ1n) is 14.1. The molecule has 1 aliphatic heterocycles. The van der Waals surface area contributed by atoms with Crippen LogP contribution in [0.3, 0.4) is 0 Å². The Hall–Kier alpha value is -4.02. The van der Waals surface area contributed by atoms with Crippen LogP contribution in [0.1, 0.15) is 77.8 Å². The molecular weight excluding hydrogens is 552 g/mol. The number of rotatable bonds is 8. The van der Waals surface area contributed by atoms with Crippen LogP contribution < -0.4 is 10.6 Å². The predicted molar refractivity (Wildman–Crippen MR) is 160 cm³/mol. The monoisotopic (exact) mass is 588 g/mol. The number of hydrogen-bond acceptors (Lipinski definition) is 6. The number of fused-ring (bicyclic) bond motifs is 1. The van der Waals surface area contributed by atoms with Gasteiger partial charge in [-0.1, -0.05) is 62.4 Å². The molecule has 0 saturated carbocycles. The number of nitrogens with zero attached hydrogens (tertiary/aromatic N) is 1. The summed E-state index contributed by atoms with van der Waals surface area (Å²) < 4.78 is 24.2. The van der Waals surface area contributed by atoms with Gasteiger partial charge in [-0.25, -0.2) is 8.42 Å². The Bertz CT molecular complexity index is 1610. The van der Waals surface area contributed by atoms with Crippen LogP contribution in [0.15, 0.2) is 77.7 Å². The minimum Gasteiger partial charge on any atom is -0.390 e. The van der Waals surface area contributed by atoms with E-state index in [1.165, 1.54) is 17.0 Å². The van der Waals surface area contributed by atoms with Crippen molar-refractivity contribution in [3.05, 3.63) is 101 Å². The highest BCUT2D eigenvalue weighted by Crippen LogP contribution is 2.36. The van der Waals surface area contributed by atoms with Crippen LogP contribution in [-0.2, 0) is 21.1 Å². The molecule has 9 nitrogen and oxygen atoms in total. The van der Waals surface area contributed by atoms with Gasteiger partial charge in [-0.05, 0) is 59.4 Å². The lowest BCUT2D eigenvalue weighted by molar-refractivity contribution is -0.132. The molecule has 4 N–H and O–H groups in total. The fourth-order valence-electron chi connectivity index (χ4n) is 6.02. The van der Waals surface area contributed by atoms with Gasteiger partial charge in [0.15, 0.2) is 15.8 Å². The number of amides is 2. The normalized spacial score (nSPS) is 20.5. The van der Waals surface area contributed by atoms with Crippen molar-refractivity contribution in [2.24, 2.45) is 0 Å². The second-order valence-corrected chi connectivity index (χ2v) is 13.2. The summed E-state index contributed by atoms with van der Waals surface area (Å²) >= 11 is 0. The second kappa shape index (κ2) is 11.3. The molecule has 0 spiro atoms. The Labute approximate surface area is 246 Å². The number of carbonyl (C=O) groups is 2. The molecule has 0 bridgehead atoms. The highest BCUT2D eigenvalue weighted by atomic mass is 32.2. The van der Waals surface area contributed by atoms with Gasteiger partial charge in [0.05, 0.1) is 29.5 Å². The molecule has 2 amide bonds. The molecule has 0 radical (unpaired) electrons. The molecule has 5 rings (SSSR count). The van der Waals surface area contributed by atoms with Crippen LogP contribution in [0.5, 0.6) is 0 Å². The summed E-state index contributed by atoms with van der Waals surface area (Å²) in [5.74, 6) is -0.661. The van der Waals surface area contributed by atoms with Gasteiger partial charge in [0, 0.05) is 23.8 Å². The largest absolute Gasteiger partial charge is 0.390 e.